The summed E-state index contributed by atoms with van der Waals surface area (Å²) in [4.78, 5) is 11.6. The van der Waals surface area contributed by atoms with Gasteiger partial charge in [0.05, 0.1) is 12.1 Å². The highest BCUT2D eigenvalue weighted by atomic mass is 16.5. The van der Waals surface area contributed by atoms with Crippen LogP contribution in [0.5, 0.6) is 0 Å². The molecule has 1 aliphatic rings. The summed E-state index contributed by atoms with van der Waals surface area (Å²) in [5.74, 6) is 0.569. The van der Waals surface area contributed by atoms with Gasteiger partial charge < -0.3 is 15.8 Å². The van der Waals surface area contributed by atoms with E-state index in [-0.39, 0.29) is 17.9 Å². The molecule has 1 saturated heterocycles. The molecular formula is C11H22N2O2. The molecule has 1 heterocycles. The van der Waals surface area contributed by atoms with Crippen LogP contribution in [0, 0.1) is 11.8 Å². The minimum Gasteiger partial charge on any atom is -0.378 e. The van der Waals surface area contributed by atoms with E-state index in [1.54, 1.807) is 0 Å². The van der Waals surface area contributed by atoms with E-state index in [0.717, 1.165) is 13.0 Å². The van der Waals surface area contributed by atoms with Crippen molar-refractivity contribution in [3.05, 3.63) is 0 Å². The maximum atomic E-state index is 11.6. The maximum absolute atomic E-state index is 11.6. The Morgan fingerprint density at radius 3 is 2.73 bits per heavy atom. The third kappa shape index (κ3) is 3.47. The molecule has 3 atom stereocenters. The average molecular weight is 214 g/mol. The second-order valence-corrected chi connectivity index (χ2v) is 4.64. The lowest BCUT2D eigenvalue weighted by molar-refractivity contribution is -0.123. The SMILES string of the molecule is CC1OCCC1CNC(=O)[C@H](N)C(C)C. The van der Waals surface area contributed by atoms with Crippen molar-refractivity contribution in [2.75, 3.05) is 13.2 Å². The fourth-order valence-corrected chi connectivity index (χ4v) is 1.70. The van der Waals surface area contributed by atoms with Crippen LogP contribution in [0.15, 0.2) is 0 Å². The molecule has 0 aromatic rings. The number of ether oxygens (including phenoxy) is 1. The first-order chi connectivity index (χ1) is 7.02. The van der Waals surface area contributed by atoms with Crippen LogP contribution in [0.4, 0.5) is 0 Å². The van der Waals surface area contributed by atoms with Gasteiger partial charge in [0, 0.05) is 19.1 Å². The molecule has 0 spiro atoms. The van der Waals surface area contributed by atoms with Gasteiger partial charge in [0.15, 0.2) is 0 Å². The van der Waals surface area contributed by atoms with Crippen molar-refractivity contribution in [3.8, 4) is 0 Å². The summed E-state index contributed by atoms with van der Waals surface area (Å²) >= 11 is 0. The molecule has 4 nitrogen and oxygen atoms in total. The van der Waals surface area contributed by atoms with Crippen LogP contribution in [0.2, 0.25) is 0 Å². The van der Waals surface area contributed by atoms with Gasteiger partial charge in [-0.05, 0) is 19.3 Å². The van der Waals surface area contributed by atoms with Crippen molar-refractivity contribution in [3.63, 3.8) is 0 Å². The second-order valence-electron chi connectivity index (χ2n) is 4.64. The summed E-state index contributed by atoms with van der Waals surface area (Å²) in [6.07, 6.45) is 1.28. The van der Waals surface area contributed by atoms with Crippen LogP contribution in [0.25, 0.3) is 0 Å². The third-order valence-corrected chi connectivity index (χ3v) is 3.09. The van der Waals surface area contributed by atoms with E-state index in [4.69, 9.17) is 10.5 Å². The first-order valence-electron chi connectivity index (χ1n) is 5.67. The lowest BCUT2D eigenvalue weighted by Crippen LogP contribution is -2.45. The number of hydrogen-bond acceptors (Lipinski definition) is 3. The van der Waals surface area contributed by atoms with E-state index in [9.17, 15) is 4.79 Å². The fraction of sp³-hybridized carbons (Fsp3) is 0.909. The molecule has 0 aromatic carbocycles. The molecule has 0 bridgehead atoms. The molecule has 1 rings (SSSR count). The van der Waals surface area contributed by atoms with Crippen LogP contribution in [0.1, 0.15) is 27.2 Å². The standard InChI is InChI=1S/C11H22N2O2/c1-7(2)10(12)11(14)13-6-9-4-5-15-8(9)3/h7-10H,4-6,12H2,1-3H3,(H,13,14)/t8?,9?,10-/m1/s1. The predicted octanol–water partition coefficient (Wildman–Crippen LogP) is 0.511. The topological polar surface area (TPSA) is 64.3 Å². The molecule has 88 valence electrons. The fourth-order valence-electron chi connectivity index (χ4n) is 1.70. The van der Waals surface area contributed by atoms with E-state index in [1.165, 1.54) is 0 Å². The van der Waals surface area contributed by atoms with Gasteiger partial charge in [-0.1, -0.05) is 13.8 Å². The van der Waals surface area contributed by atoms with Crippen molar-refractivity contribution >= 4 is 5.91 Å². The van der Waals surface area contributed by atoms with E-state index in [0.29, 0.717) is 12.5 Å². The van der Waals surface area contributed by atoms with E-state index < -0.39 is 6.04 Å². The zero-order chi connectivity index (χ0) is 11.4. The molecule has 2 unspecified atom stereocenters. The Labute approximate surface area is 91.5 Å². The second kappa shape index (κ2) is 5.47. The Bertz CT molecular complexity index is 219. The molecule has 1 aliphatic heterocycles. The van der Waals surface area contributed by atoms with Gasteiger partial charge in [0.25, 0.3) is 0 Å². The molecule has 4 heteroatoms. The Hall–Kier alpha value is -0.610. The van der Waals surface area contributed by atoms with Gasteiger partial charge in [0.2, 0.25) is 5.91 Å². The average Bonchev–Trinajstić information content (AvgIpc) is 2.59. The summed E-state index contributed by atoms with van der Waals surface area (Å²) in [7, 11) is 0. The molecule has 0 saturated carbocycles. The minimum absolute atomic E-state index is 0.0518. The van der Waals surface area contributed by atoms with Crippen LogP contribution >= 0.6 is 0 Å². The van der Waals surface area contributed by atoms with Gasteiger partial charge in [-0.3, -0.25) is 4.79 Å². The number of amides is 1. The van der Waals surface area contributed by atoms with Gasteiger partial charge in [-0.25, -0.2) is 0 Å². The van der Waals surface area contributed by atoms with Crippen molar-refractivity contribution in [1.82, 2.24) is 5.32 Å². The van der Waals surface area contributed by atoms with Crippen molar-refractivity contribution in [2.45, 2.75) is 39.3 Å². The van der Waals surface area contributed by atoms with Gasteiger partial charge in [0.1, 0.15) is 0 Å². The molecule has 0 aromatic heterocycles. The molecule has 0 radical (unpaired) electrons. The summed E-state index contributed by atoms with van der Waals surface area (Å²) in [5.41, 5.74) is 5.74. The normalized spacial score (nSPS) is 28.1. The zero-order valence-corrected chi connectivity index (χ0v) is 9.82. The Morgan fingerprint density at radius 2 is 2.27 bits per heavy atom. The highest BCUT2D eigenvalue weighted by molar-refractivity contribution is 5.81. The monoisotopic (exact) mass is 214 g/mol. The van der Waals surface area contributed by atoms with Crippen molar-refractivity contribution < 1.29 is 9.53 Å². The van der Waals surface area contributed by atoms with Crippen LogP contribution in [-0.2, 0) is 9.53 Å². The Balaban J connectivity index is 2.27. The Morgan fingerprint density at radius 1 is 1.60 bits per heavy atom. The van der Waals surface area contributed by atoms with E-state index in [1.807, 2.05) is 20.8 Å². The van der Waals surface area contributed by atoms with Crippen molar-refractivity contribution in [1.29, 1.82) is 0 Å². The highest BCUT2D eigenvalue weighted by Gasteiger charge is 2.25. The van der Waals surface area contributed by atoms with Crippen LogP contribution < -0.4 is 11.1 Å². The van der Waals surface area contributed by atoms with Gasteiger partial charge >= 0.3 is 0 Å². The molecule has 1 fully saturated rings. The molecule has 3 N–H and O–H groups in total. The van der Waals surface area contributed by atoms with Crippen molar-refractivity contribution in [2.24, 2.45) is 17.6 Å². The first-order valence-corrected chi connectivity index (χ1v) is 5.67. The van der Waals surface area contributed by atoms with Crippen LogP contribution in [0.3, 0.4) is 0 Å². The number of nitrogens with two attached hydrogens (primary N) is 1. The third-order valence-electron chi connectivity index (χ3n) is 3.09. The minimum atomic E-state index is -0.400. The molecule has 1 amide bonds. The lowest BCUT2D eigenvalue weighted by atomic mass is 10.0. The number of carbonyl (C=O) groups is 1. The smallest absolute Gasteiger partial charge is 0.237 e. The summed E-state index contributed by atoms with van der Waals surface area (Å²) in [6.45, 7) is 7.43. The maximum Gasteiger partial charge on any atom is 0.237 e. The Kier molecular flexibility index (Phi) is 4.54. The van der Waals surface area contributed by atoms with Gasteiger partial charge in [-0.15, -0.1) is 0 Å². The van der Waals surface area contributed by atoms with Gasteiger partial charge in [-0.2, -0.15) is 0 Å². The van der Waals surface area contributed by atoms with Crippen LogP contribution in [-0.4, -0.2) is 31.2 Å². The highest BCUT2D eigenvalue weighted by Crippen LogP contribution is 2.19. The summed E-state index contributed by atoms with van der Waals surface area (Å²) < 4.78 is 5.42. The molecule has 15 heavy (non-hydrogen) atoms. The first kappa shape index (κ1) is 12.5. The summed E-state index contributed by atoms with van der Waals surface area (Å²) in [5, 5.41) is 2.89. The van der Waals surface area contributed by atoms with E-state index in [2.05, 4.69) is 5.32 Å². The number of nitrogens with one attached hydrogen (secondary N) is 1. The largest absolute Gasteiger partial charge is 0.378 e. The number of carbonyl (C=O) groups excluding carboxylic acids is 1. The lowest BCUT2D eigenvalue weighted by Gasteiger charge is -2.18. The quantitative estimate of drug-likeness (QED) is 0.716. The summed E-state index contributed by atoms with van der Waals surface area (Å²) in [6, 6.07) is -0.400. The van der Waals surface area contributed by atoms with E-state index >= 15 is 0 Å². The number of hydrogen-bond donors (Lipinski definition) is 2. The number of rotatable bonds is 4. The molecular weight excluding hydrogens is 192 g/mol. The zero-order valence-electron chi connectivity index (χ0n) is 9.82. The molecule has 0 aliphatic carbocycles. The predicted molar refractivity (Wildman–Crippen MR) is 59.3 cm³/mol.